The van der Waals surface area contributed by atoms with Crippen molar-refractivity contribution in [2.45, 2.75) is 43.3 Å². The average Bonchev–Trinajstić information content (AvgIpc) is 2.81. The van der Waals surface area contributed by atoms with Crippen LogP contribution in [0.5, 0.6) is 0 Å². The lowest BCUT2D eigenvalue weighted by Crippen LogP contribution is -2.32. The van der Waals surface area contributed by atoms with Crippen LogP contribution in [0.1, 0.15) is 52.0 Å². The van der Waals surface area contributed by atoms with E-state index in [-0.39, 0.29) is 6.07 Å². The third-order valence-electron chi connectivity index (χ3n) is 6.01. The van der Waals surface area contributed by atoms with E-state index in [0.29, 0.717) is 30.5 Å². The normalized spacial score (nSPS) is 19.3. The fraction of sp³-hybridized carbons (Fsp3) is 0.320. The van der Waals surface area contributed by atoms with E-state index >= 15 is 0 Å². The van der Waals surface area contributed by atoms with Gasteiger partial charge in [0.05, 0.1) is 23.8 Å². The molecule has 0 fully saturated rings. The molecule has 1 aromatic heterocycles. The number of fused-ring (bicyclic) bond motifs is 1. The van der Waals surface area contributed by atoms with Crippen LogP contribution in [0.15, 0.2) is 60.8 Å². The van der Waals surface area contributed by atoms with Crippen LogP contribution in [0.3, 0.4) is 0 Å². The molecule has 1 aliphatic carbocycles. The van der Waals surface area contributed by atoms with Crippen LogP contribution >= 0.6 is 0 Å². The number of ether oxygens (including phenoxy) is 1. The summed E-state index contributed by atoms with van der Waals surface area (Å²) in [5, 5.41) is 9.94. The second-order valence-corrected chi connectivity index (χ2v) is 8.29. The van der Waals surface area contributed by atoms with E-state index in [1.807, 2.05) is 0 Å². The monoisotopic (exact) mass is 499 g/mol. The van der Waals surface area contributed by atoms with Crippen LogP contribution in [0.2, 0.25) is 0 Å². The molecule has 0 unspecified atom stereocenters. The van der Waals surface area contributed by atoms with E-state index < -0.39 is 59.6 Å². The van der Waals surface area contributed by atoms with E-state index in [1.54, 1.807) is 30.5 Å². The van der Waals surface area contributed by atoms with Crippen molar-refractivity contribution in [3.63, 3.8) is 0 Å². The molecular weight excluding hydrogens is 479 g/mol. The molecule has 0 radical (unpaired) electrons. The summed E-state index contributed by atoms with van der Waals surface area (Å²) in [6.45, 7) is -0.842. The Hall–Kier alpha value is -2.98. The first kappa shape index (κ1) is 25.1. The van der Waals surface area contributed by atoms with Gasteiger partial charge in [0.1, 0.15) is 11.9 Å². The van der Waals surface area contributed by atoms with Gasteiger partial charge in [0.25, 0.3) is 0 Å². The first-order valence-corrected chi connectivity index (χ1v) is 10.7. The molecule has 0 spiro atoms. The SMILES string of the molecule is OC[C@@H](O[C@H]1CCc2ncccc2[C@@H]1c1ccc(F)cc1)c1cc(C(F)(F)F)cc(C(F)(F)F)c1. The maximum atomic E-state index is 13.5. The van der Waals surface area contributed by atoms with Gasteiger partial charge < -0.3 is 9.84 Å². The summed E-state index contributed by atoms with van der Waals surface area (Å²) in [6.07, 6.45) is -9.83. The molecule has 3 nitrogen and oxygen atoms in total. The largest absolute Gasteiger partial charge is 0.416 e. The Morgan fingerprint density at radius 2 is 1.57 bits per heavy atom. The number of pyridine rings is 1. The average molecular weight is 499 g/mol. The summed E-state index contributed by atoms with van der Waals surface area (Å²) in [4.78, 5) is 4.35. The minimum atomic E-state index is -5.03. The highest BCUT2D eigenvalue weighted by atomic mass is 19.4. The predicted molar refractivity (Wildman–Crippen MR) is 112 cm³/mol. The van der Waals surface area contributed by atoms with Gasteiger partial charge in [-0.1, -0.05) is 18.2 Å². The molecule has 10 heteroatoms. The summed E-state index contributed by atoms with van der Waals surface area (Å²) < 4.78 is 99.6. The van der Waals surface area contributed by atoms with Crippen LogP contribution in [0.25, 0.3) is 0 Å². The van der Waals surface area contributed by atoms with Gasteiger partial charge in [-0.05, 0) is 65.9 Å². The Morgan fingerprint density at radius 3 is 2.14 bits per heavy atom. The molecule has 35 heavy (non-hydrogen) atoms. The van der Waals surface area contributed by atoms with Gasteiger partial charge in [-0.15, -0.1) is 0 Å². The zero-order valence-electron chi connectivity index (χ0n) is 18.1. The van der Waals surface area contributed by atoms with E-state index in [1.165, 1.54) is 12.1 Å². The van der Waals surface area contributed by atoms with Crippen LogP contribution < -0.4 is 0 Å². The molecule has 0 saturated carbocycles. The molecule has 4 rings (SSSR count). The van der Waals surface area contributed by atoms with Crippen molar-refractivity contribution in [1.29, 1.82) is 0 Å². The molecule has 3 atom stereocenters. The number of halogens is 7. The second-order valence-electron chi connectivity index (χ2n) is 8.29. The Labute approximate surface area is 196 Å². The third kappa shape index (κ3) is 5.48. The Bertz CT molecular complexity index is 1140. The van der Waals surface area contributed by atoms with Gasteiger partial charge >= 0.3 is 12.4 Å². The van der Waals surface area contributed by atoms with Gasteiger partial charge in [-0.3, -0.25) is 4.98 Å². The number of hydrogen-bond acceptors (Lipinski definition) is 3. The molecule has 2 aromatic carbocycles. The first-order chi connectivity index (χ1) is 16.5. The van der Waals surface area contributed by atoms with Gasteiger partial charge in [-0.25, -0.2) is 4.39 Å². The molecule has 186 valence electrons. The van der Waals surface area contributed by atoms with Crippen molar-refractivity contribution in [1.82, 2.24) is 4.98 Å². The number of nitrogens with zero attached hydrogens (tertiary/aromatic N) is 1. The molecule has 1 aliphatic rings. The summed E-state index contributed by atoms with van der Waals surface area (Å²) in [7, 11) is 0. The molecular formula is C25H20F7NO2. The minimum Gasteiger partial charge on any atom is -0.393 e. The van der Waals surface area contributed by atoms with Crippen molar-refractivity contribution in [3.8, 4) is 0 Å². The summed E-state index contributed by atoms with van der Waals surface area (Å²) in [6, 6.07) is 10.2. The Kier molecular flexibility index (Phi) is 6.88. The number of rotatable bonds is 5. The summed E-state index contributed by atoms with van der Waals surface area (Å²) in [5.74, 6) is -0.986. The van der Waals surface area contributed by atoms with Crippen molar-refractivity contribution in [2.24, 2.45) is 0 Å². The quantitative estimate of drug-likeness (QED) is 0.410. The highest BCUT2D eigenvalue weighted by molar-refractivity contribution is 5.39. The molecule has 0 bridgehead atoms. The van der Waals surface area contributed by atoms with Gasteiger partial charge in [0, 0.05) is 17.8 Å². The van der Waals surface area contributed by atoms with Crippen molar-refractivity contribution >= 4 is 0 Å². The maximum absolute atomic E-state index is 13.5. The zero-order valence-corrected chi connectivity index (χ0v) is 18.1. The van der Waals surface area contributed by atoms with Crippen LogP contribution in [-0.2, 0) is 23.5 Å². The fourth-order valence-electron chi connectivity index (χ4n) is 4.40. The molecule has 1 N–H and O–H groups in total. The number of hydrogen-bond donors (Lipinski definition) is 1. The van der Waals surface area contributed by atoms with Crippen LogP contribution in [-0.4, -0.2) is 22.8 Å². The molecule has 0 aliphatic heterocycles. The zero-order chi connectivity index (χ0) is 25.4. The highest BCUT2D eigenvalue weighted by Crippen LogP contribution is 2.42. The summed E-state index contributed by atoms with van der Waals surface area (Å²) in [5.41, 5.74) is -1.26. The Balaban J connectivity index is 1.74. The van der Waals surface area contributed by atoms with Crippen molar-refractivity contribution in [3.05, 3.63) is 100 Å². The molecule has 1 heterocycles. The van der Waals surface area contributed by atoms with Crippen LogP contribution in [0.4, 0.5) is 30.7 Å². The number of alkyl halides is 6. The first-order valence-electron chi connectivity index (χ1n) is 10.7. The van der Waals surface area contributed by atoms with E-state index in [2.05, 4.69) is 4.98 Å². The van der Waals surface area contributed by atoms with Gasteiger partial charge in [0.2, 0.25) is 0 Å². The van der Waals surface area contributed by atoms with E-state index in [0.717, 1.165) is 11.3 Å². The minimum absolute atomic E-state index is 0.0295. The van der Waals surface area contributed by atoms with E-state index in [9.17, 15) is 35.8 Å². The number of aliphatic hydroxyl groups is 1. The number of aryl methyl sites for hydroxylation is 1. The molecule has 0 amide bonds. The number of aliphatic hydroxyl groups excluding tert-OH is 1. The lowest BCUT2D eigenvalue weighted by atomic mass is 9.78. The third-order valence-corrected chi connectivity index (χ3v) is 6.01. The number of aromatic nitrogens is 1. The Morgan fingerprint density at radius 1 is 0.943 bits per heavy atom. The molecule has 0 saturated heterocycles. The van der Waals surface area contributed by atoms with Crippen LogP contribution in [0, 0.1) is 5.82 Å². The maximum Gasteiger partial charge on any atom is 0.416 e. The molecule has 3 aromatic rings. The number of benzene rings is 2. The van der Waals surface area contributed by atoms with Gasteiger partial charge in [-0.2, -0.15) is 26.3 Å². The van der Waals surface area contributed by atoms with Crippen molar-refractivity contribution in [2.75, 3.05) is 6.61 Å². The van der Waals surface area contributed by atoms with Gasteiger partial charge in [0.15, 0.2) is 0 Å². The topological polar surface area (TPSA) is 42.4 Å². The highest BCUT2D eigenvalue weighted by Gasteiger charge is 2.39. The smallest absolute Gasteiger partial charge is 0.393 e. The standard InChI is InChI=1S/C25H20F7NO2/c26-18-5-3-14(4-6-18)23-19-2-1-9-33-20(19)7-8-21(23)35-22(13-34)15-10-16(24(27,28)29)12-17(11-15)25(30,31)32/h1-6,9-12,21-23,34H,7-8,13H2/t21-,22+,23-/m0/s1. The fourth-order valence-corrected chi connectivity index (χ4v) is 4.40. The van der Waals surface area contributed by atoms with Crippen molar-refractivity contribution < 1.29 is 40.6 Å². The predicted octanol–water partition coefficient (Wildman–Crippen LogP) is 6.46. The van der Waals surface area contributed by atoms with E-state index in [4.69, 9.17) is 4.74 Å². The lowest BCUT2D eigenvalue weighted by Gasteiger charge is -2.35. The second kappa shape index (κ2) is 9.58. The lowest BCUT2D eigenvalue weighted by molar-refractivity contribution is -0.143. The summed E-state index contributed by atoms with van der Waals surface area (Å²) >= 11 is 0.